The predicted molar refractivity (Wildman–Crippen MR) is 114 cm³/mol. The van der Waals surface area contributed by atoms with Crippen LogP contribution in [-0.4, -0.2) is 39.6 Å². The maximum absolute atomic E-state index is 14.7. The Morgan fingerprint density at radius 1 is 1.22 bits per heavy atom. The largest absolute Gasteiger partial charge is 0.487 e. The number of fused-ring (bicyclic) bond motifs is 2. The Morgan fingerprint density at radius 2 is 1.97 bits per heavy atom. The molecule has 7 heteroatoms. The number of aliphatic hydroxyl groups excluding tert-OH is 2. The molecule has 1 fully saturated rings. The summed E-state index contributed by atoms with van der Waals surface area (Å²) in [5.74, 6) is -3.61. The van der Waals surface area contributed by atoms with Crippen LogP contribution in [-0.2, 0) is 6.42 Å². The van der Waals surface area contributed by atoms with Crippen LogP contribution in [0.3, 0.4) is 0 Å². The second-order valence-corrected chi connectivity index (χ2v) is 8.65. The monoisotopic (exact) mass is 444 g/mol. The zero-order valence-electron chi connectivity index (χ0n) is 17.6. The van der Waals surface area contributed by atoms with Gasteiger partial charge in [-0.25, -0.2) is 13.6 Å². The maximum atomic E-state index is 14.7. The first-order valence-electron chi connectivity index (χ1n) is 10.8. The fourth-order valence-electron chi connectivity index (χ4n) is 4.88. The van der Waals surface area contributed by atoms with Gasteiger partial charge in [0, 0.05) is 24.2 Å². The van der Waals surface area contributed by atoms with E-state index < -0.39 is 41.6 Å². The van der Waals surface area contributed by atoms with Crippen molar-refractivity contribution in [2.45, 2.75) is 50.4 Å². The number of carbonyl (C=O) groups is 1. The molecule has 0 spiro atoms. The number of halogens is 2. The van der Waals surface area contributed by atoms with Gasteiger partial charge in [0.15, 0.2) is 11.6 Å². The molecule has 2 unspecified atom stereocenters. The van der Waals surface area contributed by atoms with Crippen molar-refractivity contribution in [3.05, 3.63) is 76.9 Å². The van der Waals surface area contributed by atoms with E-state index in [9.17, 15) is 28.9 Å². The fourth-order valence-corrected chi connectivity index (χ4v) is 4.88. The molecule has 2 aliphatic rings. The minimum atomic E-state index is -1.36. The van der Waals surface area contributed by atoms with Crippen molar-refractivity contribution >= 4 is 5.97 Å². The van der Waals surface area contributed by atoms with E-state index in [4.69, 9.17) is 4.74 Å². The second kappa shape index (κ2) is 9.00. The first-order chi connectivity index (χ1) is 15.3. The summed E-state index contributed by atoms with van der Waals surface area (Å²) in [6.45, 7) is 1.73. The Hall–Kier alpha value is -2.77. The zero-order chi connectivity index (χ0) is 23.0. The van der Waals surface area contributed by atoms with Crippen molar-refractivity contribution in [3.63, 3.8) is 0 Å². The Balaban J connectivity index is 1.52. The minimum Gasteiger partial charge on any atom is -0.487 e. The SMILES string of the molecule is CC(c1ccccc1F)C(O)/C=C/[C@@H]1[C@H]2CCc3ccc(C(=O)O)c(F)c3O[C@H]2C[C@H]1O. The number of hydrogen-bond donors (Lipinski definition) is 3. The molecule has 5 nitrogen and oxygen atoms in total. The zero-order valence-corrected chi connectivity index (χ0v) is 17.6. The van der Waals surface area contributed by atoms with Crippen LogP contribution in [0.4, 0.5) is 8.78 Å². The number of aliphatic hydroxyl groups is 2. The maximum Gasteiger partial charge on any atom is 0.338 e. The van der Waals surface area contributed by atoms with E-state index in [0.717, 1.165) is 0 Å². The third-order valence-electron chi connectivity index (χ3n) is 6.75. The lowest BCUT2D eigenvalue weighted by molar-refractivity contribution is 0.0688. The highest BCUT2D eigenvalue weighted by Crippen LogP contribution is 2.43. The van der Waals surface area contributed by atoms with Gasteiger partial charge in [0.25, 0.3) is 0 Å². The number of carboxylic acids is 1. The smallest absolute Gasteiger partial charge is 0.338 e. The number of hydrogen-bond acceptors (Lipinski definition) is 4. The fraction of sp³-hybridized carbons (Fsp3) is 0.400. The summed E-state index contributed by atoms with van der Waals surface area (Å²) < 4.78 is 34.7. The van der Waals surface area contributed by atoms with E-state index >= 15 is 0 Å². The van der Waals surface area contributed by atoms with E-state index in [1.807, 2.05) is 0 Å². The average molecular weight is 444 g/mol. The van der Waals surface area contributed by atoms with Gasteiger partial charge >= 0.3 is 5.97 Å². The van der Waals surface area contributed by atoms with Gasteiger partial charge in [-0.2, -0.15) is 0 Å². The van der Waals surface area contributed by atoms with E-state index in [1.165, 1.54) is 12.1 Å². The molecular formula is C25H26F2O5. The Kier molecular flexibility index (Phi) is 6.31. The van der Waals surface area contributed by atoms with Crippen molar-refractivity contribution < 1.29 is 33.6 Å². The molecule has 0 amide bonds. The van der Waals surface area contributed by atoms with Crippen molar-refractivity contribution in [2.24, 2.45) is 11.8 Å². The highest BCUT2D eigenvalue weighted by molar-refractivity contribution is 5.88. The third kappa shape index (κ3) is 4.14. The summed E-state index contributed by atoms with van der Waals surface area (Å²) in [5, 5.41) is 30.4. The summed E-state index contributed by atoms with van der Waals surface area (Å²) in [7, 11) is 0. The van der Waals surface area contributed by atoms with Gasteiger partial charge < -0.3 is 20.1 Å². The standard InChI is InChI=1S/C25H26F2O5/c1-13(15-4-2-3-5-19(15)26)20(28)11-10-16-17-8-6-14-7-9-18(25(30)31)23(27)24(14)32-22(17)12-21(16)29/h2-5,7,9-11,13,16-17,20-22,28-29H,6,8,12H2,1H3,(H,30,31)/b11-10+/t13?,16-,17-,20?,21-,22+/m1/s1. The van der Waals surface area contributed by atoms with Gasteiger partial charge in [-0.05, 0) is 36.1 Å². The van der Waals surface area contributed by atoms with E-state index in [-0.39, 0.29) is 29.8 Å². The topological polar surface area (TPSA) is 87.0 Å². The molecule has 6 atom stereocenters. The van der Waals surface area contributed by atoms with E-state index in [1.54, 1.807) is 43.3 Å². The summed E-state index contributed by atoms with van der Waals surface area (Å²) in [6, 6.07) is 9.11. The molecule has 1 aliphatic carbocycles. The number of benzene rings is 2. The molecule has 0 aromatic heterocycles. The number of aryl methyl sites for hydroxylation is 1. The molecule has 1 heterocycles. The van der Waals surface area contributed by atoms with Crippen molar-refractivity contribution in [2.75, 3.05) is 0 Å². The van der Waals surface area contributed by atoms with Crippen LogP contribution in [0.1, 0.15) is 47.2 Å². The Labute approximate surface area is 185 Å². The van der Waals surface area contributed by atoms with E-state index in [2.05, 4.69) is 0 Å². The van der Waals surface area contributed by atoms with Crippen LogP contribution >= 0.6 is 0 Å². The summed E-state index contributed by atoms with van der Waals surface area (Å²) in [4.78, 5) is 11.3. The Morgan fingerprint density at radius 3 is 2.69 bits per heavy atom. The first kappa shape index (κ1) is 22.4. The lowest BCUT2D eigenvalue weighted by Gasteiger charge is -2.22. The second-order valence-electron chi connectivity index (χ2n) is 8.65. The molecule has 2 aromatic rings. The summed E-state index contributed by atoms with van der Waals surface area (Å²) >= 11 is 0. The van der Waals surface area contributed by atoms with Gasteiger partial charge in [0.2, 0.25) is 0 Å². The molecule has 2 aromatic carbocycles. The lowest BCUT2D eigenvalue weighted by atomic mass is 9.87. The molecule has 1 saturated carbocycles. The molecule has 0 radical (unpaired) electrons. The first-order valence-corrected chi connectivity index (χ1v) is 10.8. The molecule has 4 rings (SSSR count). The van der Waals surface area contributed by atoms with Crippen LogP contribution in [0.5, 0.6) is 5.75 Å². The van der Waals surface area contributed by atoms with Gasteiger partial charge in [0.05, 0.1) is 17.8 Å². The number of aromatic carboxylic acids is 1. The average Bonchev–Trinajstić information content (AvgIpc) is 2.93. The molecule has 0 bridgehead atoms. The van der Waals surface area contributed by atoms with Crippen LogP contribution in [0.25, 0.3) is 0 Å². The van der Waals surface area contributed by atoms with Crippen molar-refractivity contribution in [1.29, 1.82) is 0 Å². The Bertz CT molecular complexity index is 1040. The molecule has 1 aliphatic heterocycles. The van der Waals surface area contributed by atoms with E-state index in [0.29, 0.717) is 24.0 Å². The van der Waals surface area contributed by atoms with Gasteiger partial charge in [-0.15, -0.1) is 0 Å². The van der Waals surface area contributed by atoms with Crippen LogP contribution < -0.4 is 4.74 Å². The summed E-state index contributed by atoms with van der Waals surface area (Å²) in [6.07, 6.45) is 2.54. The van der Waals surface area contributed by atoms with Gasteiger partial charge in [-0.1, -0.05) is 43.3 Å². The van der Waals surface area contributed by atoms with Crippen LogP contribution in [0.2, 0.25) is 0 Å². The van der Waals surface area contributed by atoms with Crippen molar-refractivity contribution in [1.82, 2.24) is 0 Å². The molecule has 0 saturated heterocycles. The molecule has 170 valence electrons. The lowest BCUT2D eigenvalue weighted by Crippen LogP contribution is -2.24. The van der Waals surface area contributed by atoms with Crippen LogP contribution in [0, 0.1) is 23.5 Å². The quantitative estimate of drug-likeness (QED) is 0.605. The number of carboxylic acid groups (broad SMARTS) is 1. The van der Waals surface area contributed by atoms with Crippen LogP contribution in [0.15, 0.2) is 48.6 Å². The predicted octanol–water partition coefficient (Wildman–Crippen LogP) is 4.07. The highest BCUT2D eigenvalue weighted by Gasteiger charge is 2.44. The third-order valence-corrected chi connectivity index (χ3v) is 6.75. The number of rotatable bonds is 5. The van der Waals surface area contributed by atoms with Gasteiger partial charge in [0.1, 0.15) is 11.9 Å². The molecule has 3 N–H and O–H groups in total. The minimum absolute atomic E-state index is 0.0533. The molecular weight excluding hydrogens is 418 g/mol. The molecule has 32 heavy (non-hydrogen) atoms. The number of ether oxygens (including phenoxy) is 1. The van der Waals surface area contributed by atoms with Gasteiger partial charge in [-0.3, -0.25) is 0 Å². The highest BCUT2D eigenvalue weighted by atomic mass is 19.1. The van der Waals surface area contributed by atoms with Crippen molar-refractivity contribution in [3.8, 4) is 5.75 Å². The summed E-state index contributed by atoms with van der Waals surface area (Å²) in [5.41, 5.74) is 0.572. The normalized spacial score (nSPS) is 26.7.